The van der Waals surface area contributed by atoms with Crippen LogP contribution in [0.2, 0.25) is 0 Å². The topological polar surface area (TPSA) is 95.9 Å². The summed E-state index contributed by atoms with van der Waals surface area (Å²) >= 11 is 5.11. The SMILES string of the molecule is O=C(Nc1ccc(C(=O)O)c(O)c1)Oc1ccc(-c2cc(=S)ss2)cc1. The monoisotopic (exact) mass is 405 g/mol. The summed E-state index contributed by atoms with van der Waals surface area (Å²) in [7, 11) is 3.10. The van der Waals surface area contributed by atoms with Crippen molar-refractivity contribution in [2.45, 2.75) is 0 Å². The van der Waals surface area contributed by atoms with Gasteiger partial charge >= 0.3 is 12.1 Å². The van der Waals surface area contributed by atoms with E-state index >= 15 is 0 Å². The molecule has 0 aliphatic heterocycles. The Labute approximate surface area is 160 Å². The molecular formula is C17H11NO5S3. The number of aromatic carboxylic acids is 1. The Hall–Kier alpha value is -2.75. The molecule has 2 aromatic carbocycles. The standard InChI is InChI=1S/C17H11NO5S3/c19-13-7-10(3-6-12(13)16(20)21)18-17(22)23-11-4-1-9(2-5-11)14-8-15(24)26-25-14/h1-8,19H,(H,18,22)(H,20,21). The molecular weight excluding hydrogens is 394 g/mol. The maximum Gasteiger partial charge on any atom is 0.417 e. The molecule has 0 aliphatic carbocycles. The predicted molar refractivity (Wildman–Crippen MR) is 103 cm³/mol. The van der Waals surface area contributed by atoms with Gasteiger partial charge in [-0.15, -0.1) is 0 Å². The summed E-state index contributed by atoms with van der Waals surface area (Å²) in [4.78, 5) is 23.8. The highest BCUT2D eigenvalue weighted by Gasteiger charge is 2.12. The van der Waals surface area contributed by atoms with Gasteiger partial charge in [0.15, 0.2) is 0 Å². The summed E-state index contributed by atoms with van der Waals surface area (Å²) in [5, 5.41) is 20.9. The van der Waals surface area contributed by atoms with E-state index < -0.39 is 17.8 Å². The van der Waals surface area contributed by atoms with Crippen LogP contribution in [0.25, 0.3) is 10.4 Å². The van der Waals surface area contributed by atoms with Crippen LogP contribution in [-0.2, 0) is 0 Å². The second-order valence-electron chi connectivity index (χ2n) is 5.07. The lowest BCUT2D eigenvalue weighted by atomic mass is 10.2. The Balaban J connectivity index is 1.65. The van der Waals surface area contributed by atoms with Crippen LogP contribution in [-0.4, -0.2) is 22.3 Å². The van der Waals surface area contributed by atoms with Gasteiger partial charge in [0.2, 0.25) is 0 Å². The molecule has 26 heavy (non-hydrogen) atoms. The second kappa shape index (κ2) is 7.65. The fourth-order valence-electron chi connectivity index (χ4n) is 2.10. The first-order valence-electron chi connectivity index (χ1n) is 7.18. The molecule has 0 saturated heterocycles. The van der Waals surface area contributed by atoms with Crippen molar-refractivity contribution < 1.29 is 24.5 Å². The summed E-state index contributed by atoms with van der Waals surface area (Å²) in [6.07, 6.45) is -0.758. The van der Waals surface area contributed by atoms with Crippen LogP contribution in [0.4, 0.5) is 10.5 Å². The van der Waals surface area contributed by atoms with Gasteiger partial charge in [0, 0.05) is 16.6 Å². The van der Waals surface area contributed by atoms with E-state index in [1.807, 2.05) is 18.2 Å². The van der Waals surface area contributed by atoms with Gasteiger partial charge in [-0.1, -0.05) is 32.9 Å². The number of anilines is 1. The highest BCUT2D eigenvalue weighted by atomic mass is 32.9. The van der Waals surface area contributed by atoms with Gasteiger partial charge in [-0.25, -0.2) is 9.59 Å². The number of amides is 1. The number of carboxylic acid groups (broad SMARTS) is 1. The average molecular weight is 405 g/mol. The van der Waals surface area contributed by atoms with Crippen molar-refractivity contribution in [3.8, 4) is 21.9 Å². The van der Waals surface area contributed by atoms with Gasteiger partial charge in [0.05, 0.1) is 0 Å². The molecule has 0 spiro atoms. The zero-order valence-corrected chi connectivity index (χ0v) is 15.4. The fraction of sp³-hybridized carbons (Fsp3) is 0. The summed E-state index contributed by atoms with van der Waals surface area (Å²) in [6.45, 7) is 0. The number of benzene rings is 2. The number of phenols is 1. The van der Waals surface area contributed by atoms with E-state index in [1.54, 1.807) is 22.5 Å². The van der Waals surface area contributed by atoms with Crippen LogP contribution in [0.1, 0.15) is 10.4 Å². The lowest BCUT2D eigenvalue weighted by molar-refractivity contribution is 0.0693. The third kappa shape index (κ3) is 4.26. The molecule has 0 saturated carbocycles. The maximum atomic E-state index is 11.9. The Morgan fingerprint density at radius 3 is 2.35 bits per heavy atom. The van der Waals surface area contributed by atoms with Crippen molar-refractivity contribution >= 4 is 50.6 Å². The van der Waals surface area contributed by atoms with Gasteiger partial charge in [0.1, 0.15) is 20.9 Å². The first-order chi connectivity index (χ1) is 12.4. The van der Waals surface area contributed by atoms with Crippen LogP contribution in [0, 0.1) is 3.82 Å². The number of carboxylic acids is 1. The second-order valence-corrected chi connectivity index (χ2v) is 7.98. The van der Waals surface area contributed by atoms with Crippen molar-refractivity contribution in [2.75, 3.05) is 5.32 Å². The number of carbonyl (C=O) groups excluding carboxylic acids is 1. The summed E-state index contributed by atoms with van der Waals surface area (Å²) in [6, 6.07) is 12.6. The van der Waals surface area contributed by atoms with Crippen molar-refractivity contribution in [2.24, 2.45) is 0 Å². The normalized spacial score (nSPS) is 10.3. The molecule has 3 rings (SSSR count). The van der Waals surface area contributed by atoms with Crippen molar-refractivity contribution in [3.05, 3.63) is 57.9 Å². The van der Waals surface area contributed by atoms with E-state index in [-0.39, 0.29) is 11.3 Å². The van der Waals surface area contributed by atoms with Crippen molar-refractivity contribution in [1.82, 2.24) is 0 Å². The number of hydrogen-bond donors (Lipinski definition) is 3. The minimum Gasteiger partial charge on any atom is -0.507 e. The van der Waals surface area contributed by atoms with Crippen LogP contribution < -0.4 is 10.1 Å². The molecule has 0 aliphatic rings. The maximum absolute atomic E-state index is 11.9. The van der Waals surface area contributed by atoms with Crippen molar-refractivity contribution in [1.29, 1.82) is 0 Å². The third-order valence-corrected chi connectivity index (χ3v) is 6.20. The Morgan fingerprint density at radius 1 is 1.04 bits per heavy atom. The van der Waals surface area contributed by atoms with E-state index in [9.17, 15) is 14.7 Å². The van der Waals surface area contributed by atoms with E-state index in [0.717, 1.165) is 20.3 Å². The van der Waals surface area contributed by atoms with E-state index in [2.05, 4.69) is 5.32 Å². The van der Waals surface area contributed by atoms with E-state index in [4.69, 9.17) is 22.1 Å². The lowest BCUT2D eigenvalue weighted by Crippen LogP contribution is -2.16. The zero-order valence-electron chi connectivity index (χ0n) is 13.0. The molecule has 9 heteroatoms. The number of aromatic hydroxyl groups is 1. The minimum absolute atomic E-state index is 0.215. The molecule has 3 N–H and O–H groups in total. The highest BCUT2D eigenvalue weighted by molar-refractivity contribution is 7.80. The minimum atomic E-state index is -1.26. The Bertz CT molecular complexity index is 1020. The number of hydrogen-bond acceptors (Lipinski definition) is 7. The molecule has 1 aromatic heterocycles. The zero-order chi connectivity index (χ0) is 18.7. The Kier molecular flexibility index (Phi) is 5.31. The Morgan fingerprint density at radius 2 is 1.77 bits per heavy atom. The molecule has 0 bridgehead atoms. The number of ether oxygens (including phenoxy) is 1. The van der Waals surface area contributed by atoms with Gasteiger partial charge in [0.25, 0.3) is 0 Å². The van der Waals surface area contributed by atoms with Crippen LogP contribution in [0.3, 0.4) is 0 Å². The predicted octanol–water partition coefficient (Wildman–Crippen LogP) is 5.22. The van der Waals surface area contributed by atoms with Crippen LogP contribution in [0.15, 0.2) is 48.5 Å². The molecule has 0 fully saturated rings. The molecule has 6 nitrogen and oxygen atoms in total. The van der Waals surface area contributed by atoms with Gasteiger partial charge in [-0.3, -0.25) is 5.32 Å². The van der Waals surface area contributed by atoms with Crippen LogP contribution >= 0.6 is 32.9 Å². The van der Waals surface area contributed by atoms with Gasteiger partial charge in [-0.2, -0.15) is 0 Å². The van der Waals surface area contributed by atoms with E-state index in [1.165, 1.54) is 22.5 Å². The molecule has 0 radical (unpaired) electrons. The largest absolute Gasteiger partial charge is 0.507 e. The van der Waals surface area contributed by atoms with Gasteiger partial charge < -0.3 is 14.9 Å². The number of rotatable bonds is 4. The number of carbonyl (C=O) groups is 2. The molecule has 0 atom stereocenters. The van der Waals surface area contributed by atoms with Gasteiger partial charge in [-0.05, 0) is 48.0 Å². The first kappa shape index (κ1) is 18.1. The first-order valence-corrected chi connectivity index (χ1v) is 9.74. The molecule has 132 valence electrons. The molecule has 0 unspecified atom stereocenters. The smallest absolute Gasteiger partial charge is 0.417 e. The molecule has 1 amide bonds. The summed E-state index contributed by atoms with van der Waals surface area (Å²) in [5.74, 6) is -1.36. The summed E-state index contributed by atoms with van der Waals surface area (Å²) < 4.78 is 5.99. The highest BCUT2D eigenvalue weighted by Crippen LogP contribution is 2.30. The molecule has 3 aromatic rings. The fourth-order valence-corrected chi connectivity index (χ4v) is 4.50. The van der Waals surface area contributed by atoms with Crippen LogP contribution in [0.5, 0.6) is 11.5 Å². The third-order valence-electron chi connectivity index (χ3n) is 3.29. The molecule has 1 heterocycles. The average Bonchev–Trinajstić information content (AvgIpc) is 3.01. The summed E-state index contributed by atoms with van der Waals surface area (Å²) in [5.41, 5.74) is 0.938. The lowest BCUT2D eigenvalue weighted by Gasteiger charge is -2.08. The quantitative estimate of drug-likeness (QED) is 0.407. The van der Waals surface area contributed by atoms with Crippen molar-refractivity contribution in [3.63, 3.8) is 0 Å². The van der Waals surface area contributed by atoms with E-state index in [0.29, 0.717) is 5.75 Å². The number of nitrogens with one attached hydrogen (secondary N) is 1.